The third kappa shape index (κ3) is 5.47. The third-order valence-electron chi connectivity index (χ3n) is 7.65. The van der Waals surface area contributed by atoms with Crippen LogP contribution in [0, 0.1) is 29.6 Å². The molecule has 0 aromatic carbocycles. The zero-order valence-electron chi connectivity index (χ0n) is 16.7. The Kier molecular flexibility index (Phi) is 7.25. The summed E-state index contributed by atoms with van der Waals surface area (Å²) >= 11 is 0. The van der Waals surface area contributed by atoms with E-state index in [-0.39, 0.29) is 18.0 Å². The predicted molar refractivity (Wildman–Crippen MR) is 103 cm³/mol. The van der Waals surface area contributed by atoms with Crippen LogP contribution in [0.4, 0.5) is 0 Å². The van der Waals surface area contributed by atoms with Crippen molar-refractivity contribution in [2.75, 3.05) is 0 Å². The fraction of sp³-hybridized carbons (Fsp3) is 0.957. The SMILES string of the molecule is CCCC1CCC(C2CCC(CCC3CCC(C)C(=O)O3)CC2)CC1. The van der Waals surface area contributed by atoms with Gasteiger partial charge in [-0.3, -0.25) is 4.79 Å². The Labute approximate surface area is 155 Å². The molecule has 0 radical (unpaired) electrons. The highest BCUT2D eigenvalue weighted by molar-refractivity contribution is 5.72. The van der Waals surface area contributed by atoms with Crippen molar-refractivity contribution in [3.05, 3.63) is 0 Å². The van der Waals surface area contributed by atoms with Crippen molar-refractivity contribution >= 4 is 5.97 Å². The molecule has 0 N–H and O–H groups in total. The highest BCUT2D eigenvalue weighted by Crippen LogP contribution is 2.43. The maximum absolute atomic E-state index is 11.7. The number of hydrogen-bond acceptors (Lipinski definition) is 2. The number of hydrogen-bond donors (Lipinski definition) is 0. The van der Waals surface area contributed by atoms with Crippen LogP contribution in [-0.2, 0) is 9.53 Å². The Bertz CT molecular complexity index is 402. The number of carbonyl (C=O) groups excluding carboxylic acids is 1. The molecular formula is C23H40O2. The van der Waals surface area contributed by atoms with Gasteiger partial charge in [-0.1, -0.05) is 52.4 Å². The lowest BCUT2D eigenvalue weighted by atomic mass is 9.68. The summed E-state index contributed by atoms with van der Waals surface area (Å²) in [6.07, 6.45) is 19.4. The molecule has 2 saturated carbocycles. The highest BCUT2D eigenvalue weighted by Gasteiger charge is 2.32. The molecule has 2 unspecified atom stereocenters. The van der Waals surface area contributed by atoms with Crippen molar-refractivity contribution in [1.82, 2.24) is 0 Å². The molecular weight excluding hydrogens is 308 g/mol. The monoisotopic (exact) mass is 348 g/mol. The van der Waals surface area contributed by atoms with Crippen molar-refractivity contribution in [1.29, 1.82) is 0 Å². The fourth-order valence-corrected chi connectivity index (χ4v) is 5.82. The van der Waals surface area contributed by atoms with Gasteiger partial charge in [0, 0.05) is 0 Å². The minimum Gasteiger partial charge on any atom is -0.462 e. The largest absolute Gasteiger partial charge is 0.462 e. The lowest BCUT2D eigenvalue weighted by Crippen LogP contribution is -2.30. The van der Waals surface area contributed by atoms with E-state index in [1.807, 2.05) is 6.92 Å². The Morgan fingerprint density at radius 2 is 1.32 bits per heavy atom. The smallest absolute Gasteiger partial charge is 0.308 e. The molecule has 2 atom stereocenters. The second kappa shape index (κ2) is 9.42. The Balaban J connectivity index is 1.32. The van der Waals surface area contributed by atoms with Crippen LogP contribution in [0.3, 0.4) is 0 Å². The second-order valence-electron chi connectivity index (χ2n) is 9.46. The zero-order valence-corrected chi connectivity index (χ0v) is 16.7. The summed E-state index contributed by atoms with van der Waals surface area (Å²) in [6.45, 7) is 4.33. The summed E-state index contributed by atoms with van der Waals surface area (Å²) in [5.41, 5.74) is 0. The predicted octanol–water partition coefficient (Wildman–Crippen LogP) is 6.52. The van der Waals surface area contributed by atoms with Crippen molar-refractivity contribution in [3.63, 3.8) is 0 Å². The summed E-state index contributed by atoms with van der Waals surface area (Å²) in [5.74, 6) is 4.16. The number of carbonyl (C=O) groups is 1. The van der Waals surface area contributed by atoms with Gasteiger partial charge in [0.1, 0.15) is 6.10 Å². The molecule has 1 heterocycles. The molecule has 144 valence electrons. The van der Waals surface area contributed by atoms with E-state index in [1.54, 1.807) is 0 Å². The second-order valence-corrected chi connectivity index (χ2v) is 9.46. The Morgan fingerprint density at radius 1 is 0.760 bits per heavy atom. The van der Waals surface area contributed by atoms with Crippen LogP contribution < -0.4 is 0 Å². The van der Waals surface area contributed by atoms with E-state index >= 15 is 0 Å². The average Bonchev–Trinajstić information content (AvgIpc) is 2.64. The van der Waals surface area contributed by atoms with Gasteiger partial charge in [0.15, 0.2) is 0 Å². The summed E-state index contributed by atoms with van der Waals surface area (Å²) in [6, 6.07) is 0. The van der Waals surface area contributed by atoms with Gasteiger partial charge in [-0.2, -0.15) is 0 Å². The fourth-order valence-electron chi connectivity index (χ4n) is 5.82. The molecule has 0 spiro atoms. The first-order chi connectivity index (χ1) is 12.2. The molecule has 3 rings (SSSR count). The quantitative estimate of drug-likeness (QED) is 0.511. The van der Waals surface area contributed by atoms with Crippen LogP contribution in [0.2, 0.25) is 0 Å². The van der Waals surface area contributed by atoms with Crippen molar-refractivity contribution < 1.29 is 9.53 Å². The minimum absolute atomic E-state index is 0.0404. The molecule has 0 aromatic heterocycles. The van der Waals surface area contributed by atoms with E-state index < -0.39 is 0 Å². The van der Waals surface area contributed by atoms with E-state index in [2.05, 4.69) is 6.92 Å². The van der Waals surface area contributed by atoms with E-state index in [0.717, 1.165) is 42.9 Å². The number of cyclic esters (lactones) is 1. The molecule has 2 aliphatic carbocycles. The van der Waals surface area contributed by atoms with Crippen LogP contribution in [0.5, 0.6) is 0 Å². The van der Waals surface area contributed by atoms with E-state index in [9.17, 15) is 4.79 Å². The van der Waals surface area contributed by atoms with Gasteiger partial charge in [0.2, 0.25) is 0 Å². The van der Waals surface area contributed by atoms with Crippen molar-refractivity contribution in [2.45, 2.75) is 110 Å². The molecule has 2 heteroatoms. The van der Waals surface area contributed by atoms with Crippen molar-refractivity contribution in [2.24, 2.45) is 29.6 Å². The molecule has 2 nitrogen and oxygen atoms in total. The lowest BCUT2D eigenvalue weighted by Gasteiger charge is -2.38. The van der Waals surface area contributed by atoms with E-state index in [1.165, 1.54) is 70.6 Å². The zero-order chi connectivity index (χ0) is 17.6. The molecule has 0 amide bonds. The number of esters is 1. The summed E-state index contributed by atoms with van der Waals surface area (Å²) in [4.78, 5) is 11.7. The average molecular weight is 349 g/mol. The molecule has 0 aromatic rings. The van der Waals surface area contributed by atoms with E-state index in [0.29, 0.717) is 0 Å². The summed E-state index contributed by atoms with van der Waals surface area (Å²) in [5, 5.41) is 0. The number of ether oxygens (including phenoxy) is 1. The maximum atomic E-state index is 11.7. The Hall–Kier alpha value is -0.530. The number of rotatable bonds is 6. The van der Waals surface area contributed by atoms with Crippen molar-refractivity contribution in [3.8, 4) is 0 Å². The molecule has 25 heavy (non-hydrogen) atoms. The van der Waals surface area contributed by atoms with Crippen LogP contribution in [-0.4, -0.2) is 12.1 Å². The minimum atomic E-state index is 0.0404. The van der Waals surface area contributed by atoms with Crippen LogP contribution in [0.1, 0.15) is 104 Å². The topological polar surface area (TPSA) is 26.3 Å². The third-order valence-corrected chi connectivity index (χ3v) is 7.65. The summed E-state index contributed by atoms with van der Waals surface area (Å²) in [7, 11) is 0. The standard InChI is InChI=1S/C23H40O2/c1-3-4-18-6-11-20(12-7-18)21-13-8-19(9-14-21)10-16-22-15-5-17(2)23(24)25-22/h17-22H,3-16H2,1-2H3. The van der Waals surface area contributed by atoms with Crippen LogP contribution >= 0.6 is 0 Å². The van der Waals surface area contributed by atoms with Gasteiger partial charge in [0.05, 0.1) is 5.92 Å². The lowest BCUT2D eigenvalue weighted by molar-refractivity contribution is -0.160. The van der Waals surface area contributed by atoms with Gasteiger partial charge in [-0.05, 0) is 75.0 Å². The normalized spacial score (nSPS) is 39.8. The van der Waals surface area contributed by atoms with Gasteiger partial charge >= 0.3 is 5.97 Å². The van der Waals surface area contributed by atoms with Gasteiger partial charge in [-0.25, -0.2) is 0 Å². The molecule has 1 aliphatic heterocycles. The van der Waals surface area contributed by atoms with Crippen LogP contribution in [0.15, 0.2) is 0 Å². The first kappa shape index (κ1) is 19.2. The van der Waals surface area contributed by atoms with E-state index in [4.69, 9.17) is 4.74 Å². The van der Waals surface area contributed by atoms with Gasteiger partial charge < -0.3 is 4.74 Å². The molecule has 1 saturated heterocycles. The van der Waals surface area contributed by atoms with Gasteiger partial charge in [-0.15, -0.1) is 0 Å². The molecule has 0 bridgehead atoms. The maximum Gasteiger partial charge on any atom is 0.308 e. The summed E-state index contributed by atoms with van der Waals surface area (Å²) < 4.78 is 5.60. The molecule has 3 aliphatic rings. The first-order valence-electron chi connectivity index (χ1n) is 11.4. The molecule has 3 fully saturated rings. The highest BCUT2D eigenvalue weighted by atomic mass is 16.5. The van der Waals surface area contributed by atoms with Gasteiger partial charge in [0.25, 0.3) is 0 Å². The first-order valence-corrected chi connectivity index (χ1v) is 11.4. The van der Waals surface area contributed by atoms with Crippen LogP contribution in [0.25, 0.3) is 0 Å². The Morgan fingerprint density at radius 3 is 1.84 bits per heavy atom.